The van der Waals surface area contributed by atoms with Crippen LogP contribution in [0.4, 0.5) is 5.13 Å². The fourth-order valence-corrected chi connectivity index (χ4v) is 4.40. The van der Waals surface area contributed by atoms with E-state index in [1.165, 1.54) is 11.3 Å². The number of carbonyl (C=O) groups is 1. The molecule has 0 aliphatic heterocycles. The molecule has 8 heteroatoms. The molecule has 6 nitrogen and oxygen atoms in total. The fourth-order valence-electron chi connectivity index (χ4n) is 2.34. The molecule has 0 fully saturated rings. The lowest BCUT2D eigenvalue weighted by Crippen LogP contribution is -2.14. The highest BCUT2D eigenvalue weighted by Gasteiger charge is 2.15. The molecule has 0 saturated carbocycles. The highest BCUT2D eigenvalue weighted by Crippen LogP contribution is 2.24. The SMILES string of the molecule is O=C(CCCS(=O)(=O)c1ccccc1)Nc1nc(-c2ccncc2)cs1. The van der Waals surface area contributed by atoms with Crippen molar-refractivity contribution in [1.29, 1.82) is 0 Å². The predicted octanol–water partition coefficient (Wildman–Crippen LogP) is 3.40. The van der Waals surface area contributed by atoms with E-state index < -0.39 is 9.84 Å². The molecule has 0 aliphatic carbocycles. The van der Waals surface area contributed by atoms with Gasteiger partial charge in [0, 0.05) is 29.8 Å². The Bertz CT molecular complexity index is 971. The van der Waals surface area contributed by atoms with E-state index >= 15 is 0 Å². The van der Waals surface area contributed by atoms with Gasteiger partial charge >= 0.3 is 0 Å². The molecule has 0 atom stereocenters. The predicted molar refractivity (Wildman–Crippen MR) is 102 cm³/mol. The van der Waals surface area contributed by atoms with Crippen LogP contribution in [0.15, 0.2) is 65.1 Å². The highest BCUT2D eigenvalue weighted by atomic mass is 32.2. The van der Waals surface area contributed by atoms with Gasteiger partial charge in [-0.25, -0.2) is 13.4 Å². The van der Waals surface area contributed by atoms with Gasteiger partial charge in [-0.1, -0.05) is 18.2 Å². The third kappa shape index (κ3) is 4.74. The number of rotatable bonds is 7. The summed E-state index contributed by atoms with van der Waals surface area (Å²) in [7, 11) is -3.36. The van der Waals surface area contributed by atoms with Gasteiger partial charge in [-0.3, -0.25) is 9.78 Å². The average molecular weight is 387 g/mol. The fraction of sp³-hybridized carbons (Fsp3) is 0.167. The van der Waals surface area contributed by atoms with Crippen molar-refractivity contribution in [3.63, 3.8) is 0 Å². The Morgan fingerprint density at radius 1 is 1.08 bits per heavy atom. The second kappa shape index (κ2) is 8.20. The number of pyridine rings is 1. The number of anilines is 1. The third-order valence-corrected chi connectivity index (χ3v) is 6.22. The Hall–Kier alpha value is -2.58. The number of carbonyl (C=O) groups excluding carboxylic acids is 1. The minimum Gasteiger partial charge on any atom is -0.302 e. The molecule has 26 heavy (non-hydrogen) atoms. The molecule has 0 aliphatic rings. The Labute approximate surface area is 155 Å². The Balaban J connectivity index is 1.51. The summed E-state index contributed by atoms with van der Waals surface area (Å²) in [5.41, 5.74) is 1.69. The summed E-state index contributed by atoms with van der Waals surface area (Å²) in [4.78, 5) is 20.6. The monoisotopic (exact) mass is 387 g/mol. The molecule has 1 N–H and O–H groups in total. The molecule has 3 rings (SSSR count). The second-order valence-electron chi connectivity index (χ2n) is 5.56. The number of hydrogen-bond donors (Lipinski definition) is 1. The number of nitrogens with zero attached hydrogens (tertiary/aromatic N) is 2. The van der Waals surface area contributed by atoms with Crippen LogP contribution >= 0.6 is 11.3 Å². The summed E-state index contributed by atoms with van der Waals surface area (Å²) >= 11 is 1.33. The third-order valence-electron chi connectivity index (χ3n) is 3.65. The standard InChI is InChI=1S/C18H17N3O3S2/c22-17(7-4-12-26(23,24)15-5-2-1-3-6-15)21-18-20-16(13-25-18)14-8-10-19-11-9-14/h1-3,5-6,8-11,13H,4,7,12H2,(H,20,21,22). The number of nitrogens with one attached hydrogen (secondary N) is 1. The van der Waals surface area contributed by atoms with E-state index in [1.54, 1.807) is 42.7 Å². The van der Waals surface area contributed by atoms with Gasteiger partial charge in [-0.15, -0.1) is 11.3 Å². The van der Waals surface area contributed by atoms with Gasteiger partial charge in [0.2, 0.25) is 5.91 Å². The van der Waals surface area contributed by atoms with E-state index in [9.17, 15) is 13.2 Å². The molecular formula is C18H17N3O3S2. The maximum Gasteiger partial charge on any atom is 0.226 e. The van der Waals surface area contributed by atoms with Gasteiger partial charge in [0.15, 0.2) is 15.0 Å². The molecule has 2 heterocycles. The van der Waals surface area contributed by atoms with E-state index in [0.29, 0.717) is 5.13 Å². The summed E-state index contributed by atoms with van der Waals surface area (Å²) < 4.78 is 24.4. The molecule has 2 aromatic heterocycles. The van der Waals surface area contributed by atoms with Gasteiger partial charge in [0.1, 0.15) is 0 Å². The summed E-state index contributed by atoms with van der Waals surface area (Å²) in [5.74, 6) is -0.311. The van der Waals surface area contributed by atoms with Crippen molar-refractivity contribution in [2.45, 2.75) is 17.7 Å². The van der Waals surface area contributed by atoms with Crippen LogP contribution in [0.2, 0.25) is 0 Å². The first-order chi connectivity index (χ1) is 12.5. The first-order valence-electron chi connectivity index (χ1n) is 7.98. The number of amides is 1. The zero-order valence-electron chi connectivity index (χ0n) is 13.8. The largest absolute Gasteiger partial charge is 0.302 e. The zero-order chi connectivity index (χ0) is 18.4. The van der Waals surface area contributed by atoms with E-state index in [2.05, 4.69) is 15.3 Å². The van der Waals surface area contributed by atoms with Crippen LogP contribution < -0.4 is 5.32 Å². The zero-order valence-corrected chi connectivity index (χ0v) is 15.5. The first-order valence-corrected chi connectivity index (χ1v) is 10.5. The van der Waals surface area contributed by atoms with Crippen LogP contribution in [0.1, 0.15) is 12.8 Å². The maximum absolute atomic E-state index is 12.2. The average Bonchev–Trinajstić information content (AvgIpc) is 3.11. The molecule has 134 valence electrons. The van der Waals surface area contributed by atoms with Crippen LogP contribution in [-0.2, 0) is 14.6 Å². The summed E-state index contributed by atoms with van der Waals surface area (Å²) in [6.07, 6.45) is 3.74. The minimum absolute atomic E-state index is 0.0649. The van der Waals surface area contributed by atoms with Crippen molar-refractivity contribution in [3.8, 4) is 11.3 Å². The van der Waals surface area contributed by atoms with E-state index in [1.807, 2.05) is 17.5 Å². The van der Waals surface area contributed by atoms with Crippen LogP contribution in [0.5, 0.6) is 0 Å². The molecule has 0 saturated heterocycles. The Morgan fingerprint density at radius 2 is 1.81 bits per heavy atom. The van der Waals surface area contributed by atoms with Crippen molar-refractivity contribution in [1.82, 2.24) is 9.97 Å². The van der Waals surface area contributed by atoms with Crippen molar-refractivity contribution < 1.29 is 13.2 Å². The smallest absolute Gasteiger partial charge is 0.226 e. The lowest BCUT2D eigenvalue weighted by atomic mass is 10.2. The Morgan fingerprint density at radius 3 is 2.54 bits per heavy atom. The number of aromatic nitrogens is 2. The normalized spacial score (nSPS) is 11.2. The lowest BCUT2D eigenvalue weighted by Gasteiger charge is -2.04. The molecule has 0 spiro atoms. The summed E-state index contributed by atoms with van der Waals surface area (Å²) in [5, 5.41) is 5.06. The maximum atomic E-state index is 12.2. The molecule has 0 bridgehead atoms. The summed E-state index contributed by atoms with van der Waals surface area (Å²) in [6.45, 7) is 0. The molecule has 1 amide bonds. The molecule has 0 radical (unpaired) electrons. The van der Waals surface area contributed by atoms with Gasteiger partial charge in [-0.2, -0.15) is 0 Å². The van der Waals surface area contributed by atoms with E-state index in [4.69, 9.17) is 0 Å². The summed E-state index contributed by atoms with van der Waals surface area (Å²) in [6, 6.07) is 11.9. The lowest BCUT2D eigenvalue weighted by molar-refractivity contribution is -0.116. The van der Waals surface area contributed by atoms with Gasteiger partial charge in [0.05, 0.1) is 16.3 Å². The topological polar surface area (TPSA) is 89.0 Å². The van der Waals surface area contributed by atoms with Crippen LogP contribution in [-0.4, -0.2) is 30.0 Å². The Kier molecular flexibility index (Phi) is 5.75. The minimum atomic E-state index is -3.36. The van der Waals surface area contributed by atoms with Gasteiger partial charge in [-0.05, 0) is 30.7 Å². The van der Waals surface area contributed by atoms with Crippen molar-refractivity contribution in [3.05, 3.63) is 60.2 Å². The van der Waals surface area contributed by atoms with Crippen molar-refractivity contribution >= 4 is 32.2 Å². The van der Waals surface area contributed by atoms with Crippen LogP contribution in [0.25, 0.3) is 11.3 Å². The van der Waals surface area contributed by atoms with Crippen molar-refractivity contribution in [2.75, 3.05) is 11.1 Å². The molecule has 3 aromatic rings. The van der Waals surface area contributed by atoms with E-state index in [0.717, 1.165) is 11.3 Å². The second-order valence-corrected chi connectivity index (χ2v) is 8.52. The molecule has 0 unspecified atom stereocenters. The van der Waals surface area contributed by atoms with Crippen LogP contribution in [0.3, 0.4) is 0 Å². The number of benzene rings is 1. The van der Waals surface area contributed by atoms with Gasteiger partial charge in [0.25, 0.3) is 0 Å². The van der Waals surface area contributed by atoms with E-state index in [-0.39, 0.29) is 29.4 Å². The van der Waals surface area contributed by atoms with Gasteiger partial charge < -0.3 is 5.32 Å². The molecular weight excluding hydrogens is 370 g/mol. The number of hydrogen-bond acceptors (Lipinski definition) is 6. The van der Waals surface area contributed by atoms with Crippen LogP contribution in [0, 0.1) is 0 Å². The highest BCUT2D eigenvalue weighted by molar-refractivity contribution is 7.91. The molecule has 1 aromatic carbocycles. The quantitative estimate of drug-likeness (QED) is 0.671. The van der Waals surface area contributed by atoms with Crippen molar-refractivity contribution in [2.24, 2.45) is 0 Å². The number of thiazole rings is 1. The first kappa shape index (κ1) is 18.2. The number of sulfone groups is 1.